The predicted octanol–water partition coefficient (Wildman–Crippen LogP) is -4.54. The maximum atomic E-state index is 14.4. The van der Waals surface area contributed by atoms with Gasteiger partial charge in [-0.25, -0.2) is 37.1 Å². The van der Waals surface area contributed by atoms with E-state index in [4.69, 9.17) is 27.7 Å². The number of aliphatic hydroxyl groups is 1. The molecule has 2 amide bonds. The summed E-state index contributed by atoms with van der Waals surface area (Å²) in [5, 5.41) is 24.0. The molecule has 31 nitrogen and oxygen atoms in total. The lowest BCUT2D eigenvalue weighted by molar-refractivity contribution is -0.150. The molecule has 0 radical (unpaired) electrons. The molecular weight excluding hydrogens is 1170 g/mol. The highest BCUT2D eigenvalue weighted by atomic mass is 32.2. The number of unbranched alkanes of at least 4 members (excludes halogenated alkanes) is 2. The Morgan fingerprint density at radius 3 is 2.09 bits per heavy atom. The van der Waals surface area contributed by atoms with E-state index in [0.717, 1.165) is 24.2 Å². The lowest BCUT2D eigenvalue weighted by atomic mass is 9.97. The fourth-order valence-electron chi connectivity index (χ4n) is 9.88. The maximum absolute atomic E-state index is 14.4. The molecule has 3 heterocycles. The summed E-state index contributed by atoms with van der Waals surface area (Å²) < 4.78 is 9.68. The number of hydrogen-bond acceptors (Lipinski definition) is 28. The van der Waals surface area contributed by atoms with Gasteiger partial charge in [-0.05, 0) is 76.4 Å². The molecule has 4 rings (SSSR count). The molecule has 1 aromatic carbocycles. The molecule has 88 heavy (non-hydrogen) atoms. The summed E-state index contributed by atoms with van der Waals surface area (Å²) in [6.45, 7) is 0.287. The van der Waals surface area contributed by atoms with E-state index in [9.17, 15) is 72.5 Å². The van der Waals surface area contributed by atoms with Crippen LogP contribution in [-0.4, -0.2) is 225 Å². The molecule has 2 fully saturated rings. The van der Waals surface area contributed by atoms with Gasteiger partial charge in [-0.3, -0.25) is 62.3 Å². The van der Waals surface area contributed by atoms with E-state index >= 15 is 0 Å². The van der Waals surface area contributed by atoms with Gasteiger partial charge in [0.2, 0.25) is 46.5 Å². The van der Waals surface area contributed by atoms with Gasteiger partial charge in [0.1, 0.15) is 30.8 Å². The van der Waals surface area contributed by atoms with E-state index in [-0.39, 0.29) is 82.7 Å². The van der Waals surface area contributed by atoms with Gasteiger partial charge in [-0.1, -0.05) is 43.2 Å². The highest BCUT2D eigenvalue weighted by Crippen LogP contribution is 2.23. The first-order chi connectivity index (χ1) is 42.1. The number of hydrogen-bond donors (Lipinski definition) is 13. The number of nitrogens with one attached hydrogen (secondary N) is 7. The number of aromatic amines is 1. The molecule has 32 heteroatoms. The van der Waals surface area contributed by atoms with Crippen molar-refractivity contribution in [1.82, 2.24) is 52.3 Å². The van der Waals surface area contributed by atoms with Crippen LogP contribution in [0.5, 0.6) is 0 Å². The molecule has 10 atom stereocenters. The lowest BCUT2D eigenvalue weighted by Crippen LogP contribution is -2.59. The maximum Gasteiger partial charge on any atom is 0.305 e. The molecule has 2 aliphatic rings. The molecule has 2 aromatic rings. The summed E-state index contributed by atoms with van der Waals surface area (Å²) >= 11 is 1.04. The van der Waals surface area contributed by atoms with Crippen LogP contribution >= 0.6 is 11.8 Å². The van der Waals surface area contributed by atoms with Crippen molar-refractivity contribution in [2.75, 3.05) is 57.4 Å². The van der Waals surface area contributed by atoms with Crippen LogP contribution < -0.4 is 55.4 Å². The number of aromatic nitrogens is 2. The van der Waals surface area contributed by atoms with E-state index in [2.05, 4.69) is 47.2 Å². The first-order valence-corrected chi connectivity index (χ1v) is 30.3. The van der Waals surface area contributed by atoms with Gasteiger partial charge in [0.05, 0.1) is 68.6 Å². The number of Topliss-reactive ketones (excluding diaryl/α,β-unsaturated/α-hetero) is 8. The third-order valence-corrected chi connectivity index (χ3v) is 15.7. The predicted molar refractivity (Wildman–Crippen MR) is 315 cm³/mol. The van der Waals surface area contributed by atoms with Crippen molar-refractivity contribution in [2.45, 2.75) is 157 Å². The third-order valence-electron chi connectivity index (χ3n) is 14.5. The van der Waals surface area contributed by atoms with Crippen LogP contribution in [0.2, 0.25) is 0 Å². The summed E-state index contributed by atoms with van der Waals surface area (Å²) in [4.78, 5) is 179. The lowest BCUT2D eigenvalue weighted by Gasteiger charge is -2.31. The Hall–Kier alpha value is -6.95. The van der Waals surface area contributed by atoms with Gasteiger partial charge in [0.15, 0.2) is 11.6 Å². The molecule has 486 valence electrons. The number of carbonyl (C=O) groups excluding carboxylic acids is 12. The molecular formula is C56H84N14O17S. The quantitative estimate of drug-likeness (QED) is 0.00741. The second-order valence-corrected chi connectivity index (χ2v) is 22.4. The Balaban J connectivity index is 1.43. The molecule has 0 bridgehead atoms. The van der Waals surface area contributed by atoms with Crippen LogP contribution in [0.15, 0.2) is 42.9 Å². The Kier molecular flexibility index (Phi) is 32.7. The van der Waals surface area contributed by atoms with Crippen LogP contribution in [0.4, 0.5) is 0 Å². The van der Waals surface area contributed by atoms with Crippen LogP contribution in [0.25, 0.3) is 0 Å². The normalized spacial score (nSPS) is 17.7. The molecule has 2 unspecified atom stereocenters. The first kappa shape index (κ1) is 73.5. The van der Waals surface area contributed by atoms with Crippen molar-refractivity contribution in [3.05, 3.63) is 54.1 Å². The smallest absolute Gasteiger partial charge is 0.305 e. The number of hydrazine groups is 3. The minimum Gasteiger partial charge on any atom is -0.481 e. The number of likely N-dealkylation sites (tertiary alicyclic amines) is 1. The molecule has 2 aliphatic heterocycles. The highest BCUT2D eigenvalue weighted by molar-refractivity contribution is 7.99. The van der Waals surface area contributed by atoms with E-state index in [1.807, 2.05) is 0 Å². The van der Waals surface area contributed by atoms with Crippen molar-refractivity contribution in [3.8, 4) is 0 Å². The Morgan fingerprint density at radius 2 is 1.45 bits per heavy atom. The average Bonchev–Trinajstić information content (AvgIpc) is 3.77. The zero-order valence-electron chi connectivity index (χ0n) is 49.2. The van der Waals surface area contributed by atoms with Crippen molar-refractivity contribution < 1.29 is 82.0 Å². The van der Waals surface area contributed by atoms with Gasteiger partial charge in [0.25, 0.3) is 6.47 Å². The number of nitrogens with two attached hydrogens (primary N) is 4. The number of amides is 2. The topological polar surface area (TPSA) is 492 Å². The van der Waals surface area contributed by atoms with E-state index < -0.39 is 156 Å². The van der Waals surface area contributed by atoms with E-state index in [0.29, 0.717) is 50.8 Å². The number of H-pyrrole nitrogens is 1. The molecule has 17 N–H and O–H groups in total. The van der Waals surface area contributed by atoms with Crippen LogP contribution in [-0.2, 0) is 84.6 Å². The number of benzene rings is 1. The third kappa shape index (κ3) is 24.2. The molecule has 0 saturated carbocycles. The van der Waals surface area contributed by atoms with Gasteiger partial charge >= 0.3 is 11.9 Å². The highest BCUT2D eigenvalue weighted by Gasteiger charge is 2.42. The minimum atomic E-state index is -1.74. The number of aliphatic hydroxyl groups excluding tert-OH is 1. The number of thioether (sulfide) groups is 1. The monoisotopic (exact) mass is 1260 g/mol. The Morgan fingerprint density at radius 1 is 0.784 bits per heavy atom. The van der Waals surface area contributed by atoms with E-state index in [1.54, 1.807) is 30.3 Å². The Labute approximate surface area is 512 Å². The number of ether oxygens (including phenoxy) is 2. The standard InChI is InChI=1S/C56H84N14O17S/c1-33(73)87-36(28-86-32-72)29-88-30-38(60)50(79)48(76)26-63-65-42(23-49(77)78)52(81)54(83)45-16-10-20-70(45)68-39(13-5-7-17-57)55(84)64-41(22-35-25-61-31-62-35)46(74)24-47(75)44-15-9-19-69(44)56(85)40(14-6-8-18-58)66-67-43(27-71)53(82)51(80)37(59)21-34-11-3-2-4-12-34/h2-4,11-12,25,31-32,36-45,63,65-68,71H,5-10,13-24,26-30,57-60H2,1H3,(H,61,62)(H,64,84)(H,77,78)/t36?,37-,38?,39-,40-,41-,42-,43-,44-,45-/m0/s1. The number of nitrogens with zero attached hydrogens (tertiary/aromatic N) is 3. The van der Waals surface area contributed by atoms with Crippen LogP contribution in [0, 0.1) is 0 Å². The van der Waals surface area contributed by atoms with Gasteiger partial charge in [0, 0.05) is 49.8 Å². The summed E-state index contributed by atoms with van der Waals surface area (Å²) in [7, 11) is 0. The van der Waals surface area contributed by atoms with E-state index in [1.165, 1.54) is 22.4 Å². The SMILES string of the molecule is CC(=O)OC(COC=O)CSCC(N)C(=O)C(=O)CNN[C@@H](CC(=O)O)C(=O)C(=O)[C@@H]1CCCN1N[C@@H](CCCCN)C(=O)N[C@@H](Cc1cnc[nH]1)C(=O)CC(=O)[C@@H]1CCCN1C(=O)[C@H](CCCCN)NN[C@@H](CO)C(=O)C(=O)[C@@H](N)Cc1ccccc1. The number of aliphatic carboxylic acids is 1. The summed E-state index contributed by atoms with van der Waals surface area (Å²) in [5.74, 6) is -11.1. The fraction of sp³-hybridized carbons (Fsp3) is 0.607. The number of imidazole rings is 1. The summed E-state index contributed by atoms with van der Waals surface area (Å²) in [6.07, 6.45) is 3.25. The zero-order valence-corrected chi connectivity index (χ0v) is 50.0. The first-order valence-electron chi connectivity index (χ1n) is 29.1. The van der Waals surface area contributed by atoms with Crippen molar-refractivity contribution in [3.63, 3.8) is 0 Å². The summed E-state index contributed by atoms with van der Waals surface area (Å²) in [5.41, 5.74) is 37.9. The average molecular weight is 1260 g/mol. The molecule has 0 aliphatic carbocycles. The van der Waals surface area contributed by atoms with Gasteiger partial charge < -0.3 is 57.8 Å². The zero-order chi connectivity index (χ0) is 64.7. The van der Waals surface area contributed by atoms with Crippen LogP contribution in [0.3, 0.4) is 0 Å². The molecule has 1 aromatic heterocycles. The molecule has 2 saturated heterocycles. The summed E-state index contributed by atoms with van der Waals surface area (Å²) in [6, 6.07) is -2.86. The number of carboxylic acid groups (broad SMARTS) is 1. The second-order valence-electron chi connectivity index (χ2n) is 21.3. The van der Waals surface area contributed by atoms with Gasteiger partial charge in [-0.2, -0.15) is 11.8 Å². The minimum absolute atomic E-state index is 0.0659. The van der Waals surface area contributed by atoms with Crippen molar-refractivity contribution in [1.29, 1.82) is 0 Å². The number of esters is 1. The largest absolute Gasteiger partial charge is 0.481 e. The van der Waals surface area contributed by atoms with Gasteiger partial charge in [-0.15, -0.1) is 0 Å². The number of carbonyl (C=O) groups is 13. The number of ketones is 8. The second kappa shape index (κ2) is 39.1. The number of rotatable bonds is 47. The van der Waals surface area contributed by atoms with Crippen molar-refractivity contribution >= 4 is 88.3 Å². The Bertz CT molecular complexity index is 2680. The van der Waals surface area contributed by atoms with Crippen molar-refractivity contribution in [2.24, 2.45) is 22.9 Å². The molecule has 0 spiro atoms. The number of carboxylic acids is 1. The fourth-order valence-corrected chi connectivity index (χ4v) is 10.9. The van der Waals surface area contributed by atoms with Crippen LogP contribution in [0.1, 0.15) is 95.2 Å².